The van der Waals surface area contributed by atoms with Crippen LogP contribution in [-0.4, -0.2) is 0 Å². The van der Waals surface area contributed by atoms with Crippen molar-refractivity contribution in [3.8, 4) is 0 Å². The number of hydrogen-bond acceptors (Lipinski definition) is 1. The van der Waals surface area contributed by atoms with Crippen LogP contribution in [0.25, 0.3) is 0 Å². The highest BCUT2D eigenvalue weighted by Gasteiger charge is 2.08. The highest BCUT2D eigenvalue weighted by atomic mass is 79.9. The number of halogens is 3. The van der Waals surface area contributed by atoms with Crippen LogP contribution in [-0.2, 0) is 6.54 Å². The summed E-state index contributed by atoms with van der Waals surface area (Å²) >= 11 is 3.49. The van der Waals surface area contributed by atoms with Gasteiger partial charge >= 0.3 is 0 Å². The lowest BCUT2D eigenvalue weighted by atomic mass is 10.1. The second-order valence-corrected chi connectivity index (χ2v) is 5.26. The summed E-state index contributed by atoms with van der Waals surface area (Å²) in [7, 11) is 0. The maximum absolute atomic E-state index is 13.1. The lowest BCUT2D eigenvalue weighted by Gasteiger charge is -2.16. The smallest absolute Gasteiger partial charge is 0.126 e. The molecule has 0 saturated carbocycles. The summed E-state index contributed by atoms with van der Waals surface area (Å²) in [5.74, 6) is -1.10. The Morgan fingerprint density at radius 2 is 1.74 bits per heavy atom. The van der Waals surface area contributed by atoms with Crippen molar-refractivity contribution < 1.29 is 8.78 Å². The van der Waals surface area contributed by atoms with Crippen LogP contribution in [0.4, 0.5) is 8.78 Å². The molecule has 0 aliphatic carbocycles. The quantitative estimate of drug-likeness (QED) is 0.867. The molecule has 0 bridgehead atoms. The van der Waals surface area contributed by atoms with Gasteiger partial charge in [-0.2, -0.15) is 0 Å². The second kappa shape index (κ2) is 6.26. The summed E-state index contributed by atoms with van der Waals surface area (Å²) in [5.41, 5.74) is 1.70. The van der Waals surface area contributed by atoms with E-state index >= 15 is 0 Å². The average Bonchev–Trinajstić information content (AvgIpc) is 2.35. The van der Waals surface area contributed by atoms with Crippen LogP contribution in [0.1, 0.15) is 24.1 Å². The van der Waals surface area contributed by atoms with E-state index in [2.05, 4.69) is 21.2 Å². The highest BCUT2D eigenvalue weighted by molar-refractivity contribution is 9.10. The van der Waals surface area contributed by atoms with Gasteiger partial charge in [-0.3, -0.25) is 0 Å². The Hall–Kier alpha value is -1.26. The molecular weight excluding hydrogens is 312 g/mol. The van der Waals surface area contributed by atoms with E-state index in [1.165, 1.54) is 12.1 Å². The van der Waals surface area contributed by atoms with Crippen LogP contribution in [0, 0.1) is 11.6 Å². The minimum absolute atomic E-state index is 0.0851. The molecule has 0 unspecified atom stereocenters. The van der Waals surface area contributed by atoms with E-state index in [1.807, 2.05) is 31.2 Å². The predicted molar refractivity (Wildman–Crippen MR) is 75.8 cm³/mol. The van der Waals surface area contributed by atoms with E-state index in [-0.39, 0.29) is 6.04 Å². The Labute approximate surface area is 119 Å². The first-order valence-electron chi connectivity index (χ1n) is 5.99. The van der Waals surface area contributed by atoms with Gasteiger partial charge in [-0.15, -0.1) is 0 Å². The standard InChI is InChI=1S/C15H14BrF2N/c1-10(14-4-2-3-5-15(14)16)19-9-11-6-12(17)8-13(18)7-11/h2-8,10,19H,9H2,1H3/t10-/m1/s1. The van der Waals surface area contributed by atoms with Crippen LogP contribution in [0.3, 0.4) is 0 Å². The van der Waals surface area contributed by atoms with Crippen molar-refractivity contribution in [2.24, 2.45) is 0 Å². The Balaban J connectivity index is 2.04. The maximum Gasteiger partial charge on any atom is 0.126 e. The van der Waals surface area contributed by atoms with Crippen molar-refractivity contribution in [1.29, 1.82) is 0 Å². The van der Waals surface area contributed by atoms with Crippen LogP contribution >= 0.6 is 15.9 Å². The fourth-order valence-electron chi connectivity index (χ4n) is 1.92. The highest BCUT2D eigenvalue weighted by Crippen LogP contribution is 2.23. The lowest BCUT2D eigenvalue weighted by molar-refractivity contribution is 0.553. The molecule has 4 heteroatoms. The van der Waals surface area contributed by atoms with Gasteiger partial charge in [0.2, 0.25) is 0 Å². The first-order chi connectivity index (χ1) is 9.06. The molecule has 1 nitrogen and oxygen atoms in total. The fraction of sp³-hybridized carbons (Fsp3) is 0.200. The SMILES string of the molecule is C[C@@H](NCc1cc(F)cc(F)c1)c1ccccc1Br. The van der Waals surface area contributed by atoms with Crippen LogP contribution in [0.2, 0.25) is 0 Å². The molecule has 1 atom stereocenters. The molecule has 0 aliphatic heterocycles. The minimum Gasteiger partial charge on any atom is -0.306 e. The van der Waals surface area contributed by atoms with Gasteiger partial charge in [0.25, 0.3) is 0 Å². The molecule has 0 heterocycles. The van der Waals surface area contributed by atoms with E-state index in [4.69, 9.17) is 0 Å². The zero-order valence-corrected chi connectivity index (χ0v) is 12.0. The normalized spacial score (nSPS) is 12.4. The van der Waals surface area contributed by atoms with E-state index < -0.39 is 11.6 Å². The fourth-order valence-corrected chi connectivity index (χ4v) is 2.55. The second-order valence-electron chi connectivity index (χ2n) is 4.40. The van der Waals surface area contributed by atoms with Gasteiger partial charge in [-0.1, -0.05) is 34.1 Å². The third-order valence-electron chi connectivity index (χ3n) is 2.91. The maximum atomic E-state index is 13.1. The molecule has 0 amide bonds. The van der Waals surface area contributed by atoms with Crippen LogP contribution < -0.4 is 5.32 Å². The molecule has 2 rings (SSSR count). The first kappa shape index (κ1) is 14.2. The van der Waals surface area contributed by atoms with Crippen molar-refractivity contribution in [2.45, 2.75) is 19.5 Å². The summed E-state index contributed by atoms with van der Waals surface area (Å²) in [6.45, 7) is 2.42. The summed E-state index contributed by atoms with van der Waals surface area (Å²) < 4.78 is 27.1. The van der Waals surface area contributed by atoms with Crippen LogP contribution in [0.5, 0.6) is 0 Å². The van der Waals surface area contributed by atoms with E-state index in [9.17, 15) is 8.78 Å². The summed E-state index contributed by atoms with van der Waals surface area (Å²) in [5, 5.41) is 3.25. The molecule has 0 aromatic heterocycles. The van der Waals surface area contributed by atoms with Crippen molar-refractivity contribution in [2.75, 3.05) is 0 Å². The van der Waals surface area contributed by atoms with Gasteiger partial charge < -0.3 is 5.32 Å². The van der Waals surface area contributed by atoms with Crippen molar-refractivity contribution >= 4 is 15.9 Å². The van der Waals surface area contributed by atoms with Gasteiger partial charge in [0.1, 0.15) is 11.6 Å². The Morgan fingerprint density at radius 1 is 1.11 bits per heavy atom. The molecule has 0 aliphatic rings. The third-order valence-corrected chi connectivity index (χ3v) is 3.63. The van der Waals surface area contributed by atoms with E-state index in [0.717, 1.165) is 16.1 Å². The number of hydrogen-bond donors (Lipinski definition) is 1. The number of rotatable bonds is 4. The molecule has 1 N–H and O–H groups in total. The zero-order valence-electron chi connectivity index (χ0n) is 10.5. The van der Waals surface area contributed by atoms with Crippen LogP contribution in [0.15, 0.2) is 46.9 Å². The molecule has 19 heavy (non-hydrogen) atoms. The molecule has 2 aromatic carbocycles. The molecule has 100 valence electrons. The van der Waals surface area contributed by atoms with Gasteiger partial charge in [0.05, 0.1) is 0 Å². The predicted octanol–water partition coefficient (Wildman–Crippen LogP) is 4.58. The largest absolute Gasteiger partial charge is 0.306 e. The Morgan fingerprint density at radius 3 is 2.37 bits per heavy atom. The summed E-state index contributed by atoms with van der Waals surface area (Å²) in [4.78, 5) is 0. The number of benzene rings is 2. The Bertz CT molecular complexity index is 552. The molecule has 0 fully saturated rings. The minimum atomic E-state index is -0.551. The van der Waals surface area contributed by atoms with Crippen molar-refractivity contribution in [3.05, 3.63) is 69.7 Å². The average molecular weight is 326 g/mol. The summed E-state index contributed by atoms with van der Waals surface area (Å²) in [6.07, 6.45) is 0. The topological polar surface area (TPSA) is 12.0 Å². The van der Waals surface area contributed by atoms with Crippen molar-refractivity contribution in [3.63, 3.8) is 0 Å². The molecule has 0 spiro atoms. The first-order valence-corrected chi connectivity index (χ1v) is 6.78. The number of nitrogens with one attached hydrogen (secondary N) is 1. The lowest BCUT2D eigenvalue weighted by Crippen LogP contribution is -2.18. The molecular formula is C15H14BrF2N. The molecule has 0 radical (unpaired) electrons. The van der Waals surface area contributed by atoms with Gasteiger partial charge in [0, 0.05) is 23.1 Å². The van der Waals surface area contributed by atoms with E-state index in [1.54, 1.807) is 0 Å². The van der Waals surface area contributed by atoms with Gasteiger partial charge in [-0.05, 0) is 36.2 Å². The third kappa shape index (κ3) is 3.85. The zero-order chi connectivity index (χ0) is 13.8. The van der Waals surface area contributed by atoms with Crippen molar-refractivity contribution in [1.82, 2.24) is 5.32 Å². The monoisotopic (exact) mass is 325 g/mol. The van der Waals surface area contributed by atoms with Gasteiger partial charge in [0.15, 0.2) is 0 Å². The van der Waals surface area contributed by atoms with E-state index in [0.29, 0.717) is 12.1 Å². The molecule has 0 saturated heterocycles. The Kier molecular flexibility index (Phi) is 4.66. The summed E-state index contributed by atoms with van der Waals surface area (Å²) in [6, 6.07) is 11.5. The van der Waals surface area contributed by atoms with Gasteiger partial charge in [-0.25, -0.2) is 8.78 Å². The molecule has 2 aromatic rings.